The van der Waals surface area contributed by atoms with Crippen LogP contribution in [0.15, 0.2) is 52.4 Å². The number of hydrogen-bond donors (Lipinski definition) is 1. The molecule has 1 aliphatic heterocycles. The number of nitrogens with zero attached hydrogens (tertiary/aromatic N) is 3. The molecule has 4 rings (SSSR count). The molecule has 10 heteroatoms. The van der Waals surface area contributed by atoms with E-state index in [-0.39, 0.29) is 39.9 Å². The number of hydrogen-bond acceptors (Lipinski definition) is 5. The van der Waals surface area contributed by atoms with Crippen LogP contribution < -0.4 is 5.32 Å². The largest absolute Gasteiger partial charge is 0.368 e. The molecule has 1 aliphatic carbocycles. The van der Waals surface area contributed by atoms with E-state index < -0.39 is 10.0 Å². The number of carbonyl (C=O) groups is 1. The molecule has 1 N–H and O–H groups in total. The van der Waals surface area contributed by atoms with E-state index >= 15 is 0 Å². The highest BCUT2D eigenvalue weighted by Crippen LogP contribution is 2.36. The van der Waals surface area contributed by atoms with Gasteiger partial charge in [0.2, 0.25) is 15.9 Å². The van der Waals surface area contributed by atoms with Gasteiger partial charge in [-0.1, -0.05) is 53.5 Å². The molecular weight excluding hydrogens is 507 g/mol. The van der Waals surface area contributed by atoms with Crippen LogP contribution in [0.25, 0.3) is 0 Å². The molecule has 1 heterocycles. The molecule has 188 valence electrons. The van der Waals surface area contributed by atoms with Crippen molar-refractivity contribution < 1.29 is 13.2 Å². The summed E-state index contributed by atoms with van der Waals surface area (Å²) < 4.78 is 28.0. The first kappa shape index (κ1) is 25.9. The molecule has 0 atom stereocenters. The summed E-state index contributed by atoms with van der Waals surface area (Å²) in [6.07, 6.45) is 3.10. The summed E-state index contributed by atoms with van der Waals surface area (Å²) in [5, 5.41) is 3.51. The Morgan fingerprint density at radius 2 is 1.86 bits per heavy atom. The average molecular weight is 538 g/mol. The quantitative estimate of drug-likeness (QED) is 0.470. The molecule has 0 unspecified atom stereocenters. The minimum absolute atomic E-state index is 0.0000594. The number of carbonyl (C=O) groups excluding carboxylic acids is 1. The summed E-state index contributed by atoms with van der Waals surface area (Å²) in [4.78, 5) is 18.8. The Morgan fingerprint density at radius 1 is 1.11 bits per heavy atom. The number of nitrogens with one attached hydrogen (secondary N) is 1. The highest BCUT2D eigenvalue weighted by atomic mass is 35.5. The Morgan fingerprint density at radius 3 is 2.51 bits per heavy atom. The minimum atomic E-state index is -3.79. The molecule has 0 spiro atoms. The molecule has 0 radical (unpaired) electrons. The molecule has 1 amide bonds. The van der Waals surface area contributed by atoms with E-state index in [0.29, 0.717) is 13.0 Å². The van der Waals surface area contributed by atoms with Crippen LogP contribution in [0.3, 0.4) is 0 Å². The van der Waals surface area contributed by atoms with Gasteiger partial charge in [-0.05, 0) is 43.4 Å². The Hall–Kier alpha value is -2.13. The number of rotatable bonds is 11. The molecule has 0 aromatic heterocycles. The fourth-order valence-electron chi connectivity index (χ4n) is 4.09. The van der Waals surface area contributed by atoms with E-state index in [1.807, 2.05) is 12.1 Å². The summed E-state index contributed by atoms with van der Waals surface area (Å²) >= 11 is 12.2. The highest BCUT2D eigenvalue weighted by molar-refractivity contribution is 7.89. The molecule has 2 aromatic carbocycles. The number of benzene rings is 2. The lowest BCUT2D eigenvalue weighted by Gasteiger charge is -2.23. The zero-order valence-corrected chi connectivity index (χ0v) is 22.0. The normalized spacial score (nSPS) is 15.7. The molecule has 7 nitrogen and oxygen atoms in total. The van der Waals surface area contributed by atoms with E-state index in [2.05, 4.69) is 22.4 Å². The van der Waals surface area contributed by atoms with Gasteiger partial charge in [-0.2, -0.15) is 4.31 Å². The fourth-order valence-corrected chi connectivity index (χ4v) is 6.55. The number of likely N-dealkylation sites (N-methyl/N-ethyl adjacent to an activating group) is 1. The van der Waals surface area contributed by atoms with Gasteiger partial charge in [-0.3, -0.25) is 9.79 Å². The second-order valence-corrected chi connectivity index (χ2v) is 11.6. The van der Waals surface area contributed by atoms with E-state index in [1.165, 1.54) is 10.4 Å². The van der Waals surface area contributed by atoms with Gasteiger partial charge >= 0.3 is 0 Å². The van der Waals surface area contributed by atoms with E-state index in [9.17, 15) is 13.2 Å². The van der Waals surface area contributed by atoms with Gasteiger partial charge in [0.1, 0.15) is 10.7 Å². The minimum Gasteiger partial charge on any atom is -0.368 e. The van der Waals surface area contributed by atoms with E-state index in [4.69, 9.17) is 23.2 Å². The third kappa shape index (κ3) is 6.36. The van der Waals surface area contributed by atoms with Gasteiger partial charge in [0.05, 0.1) is 16.6 Å². The summed E-state index contributed by atoms with van der Waals surface area (Å²) in [7, 11) is -2.00. The summed E-state index contributed by atoms with van der Waals surface area (Å²) in [6, 6.07) is 12.8. The summed E-state index contributed by atoms with van der Waals surface area (Å²) in [5.74, 6) is 0.934. The zero-order valence-electron chi connectivity index (χ0n) is 19.7. The zero-order chi connectivity index (χ0) is 25.0. The second kappa shape index (κ2) is 11.3. The third-order valence-electron chi connectivity index (χ3n) is 6.29. The van der Waals surface area contributed by atoms with Crippen LogP contribution in [0.1, 0.15) is 36.8 Å². The third-order valence-corrected chi connectivity index (χ3v) is 9.21. The lowest BCUT2D eigenvalue weighted by Crippen LogP contribution is -2.35. The van der Waals surface area contributed by atoms with Gasteiger partial charge in [0, 0.05) is 44.7 Å². The lowest BCUT2D eigenvalue weighted by atomic mass is 10.1. The van der Waals surface area contributed by atoms with Gasteiger partial charge in [-0.15, -0.1) is 0 Å². The number of aliphatic imine (C=N–C) groups is 1. The van der Waals surface area contributed by atoms with Crippen molar-refractivity contribution in [3.63, 3.8) is 0 Å². The van der Waals surface area contributed by atoms with Crippen molar-refractivity contribution in [3.8, 4) is 0 Å². The van der Waals surface area contributed by atoms with Crippen LogP contribution in [-0.4, -0.2) is 68.6 Å². The average Bonchev–Trinajstić information content (AvgIpc) is 3.53. The predicted molar refractivity (Wildman–Crippen MR) is 140 cm³/mol. The Bertz CT molecular complexity index is 1200. The highest BCUT2D eigenvalue weighted by Gasteiger charge is 2.38. The standard InChI is InChI=1S/C25H30Cl2N4O3S/c1-30(17-13-18-7-9-19(10-8-18)25-28-14-15-29-25)23(32)6-3-16-31(20-11-12-20)35(33,34)22-5-2-4-21(26)24(22)27/h2,4-5,7-10,20H,3,6,11-17H2,1H3,(H,28,29). The Labute approximate surface area is 217 Å². The molecule has 0 saturated heterocycles. The van der Waals surface area contributed by atoms with Crippen LogP contribution in [0, 0.1) is 0 Å². The number of halogens is 2. The van der Waals surface area contributed by atoms with Crippen LogP contribution in [0.2, 0.25) is 10.0 Å². The monoisotopic (exact) mass is 536 g/mol. The van der Waals surface area contributed by atoms with Crippen LogP contribution >= 0.6 is 23.2 Å². The molecule has 35 heavy (non-hydrogen) atoms. The van der Waals surface area contributed by atoms with Crippen molar-refractivity contribution in [2.75, 3.05) is 33.2 Å². The van der Waals surface area contributed by atoms with Crippen molar-refractivity contribution in [1.29, 1.82) is 0 Å². The van der Waals surface area contributed by atoms with Gasteiger partial charge < -0.3 is 10.2 Å². The maximum atomic E-state index is 13.2. The van der Waals surface area contributed by atoms with Crippen LogP contribution in [-0.2, 0) is 21.2 Å². The second-order valence-electron chi connectivity index (χ2n) is 8.92. The number of amidine groups is 1. The number of amides is 1. The maximum Gasteiger partial charge on any atom is 0.244 e. The van der Waals surface area contributed by atoms with Crippen molar-refractivity contribution in [1.82, 2.24) is 14.5 Å². The van der Waals surface area contributed by atoms with Gasteiger partial charge in [-0.25, -0.2) is 8.42 Å². The molecule has 1 fully saturated rings. The van der Waals surface area contributed by atoms with Crippen molar-refractivity contribution in [2.24, 2.45) is 4.99 Å². The van der Waals surface area contributed by atoms with Crippen molar-refractivity contribution in [2.45, 2.75) is 43.0 Å². The smallest absolute Gasteiger partial charge is 0.244 e. The molecule has 2 aliphatic rings. The molecule has 1 saturated carbocycles. The molecule has 2 aromatic rings. The summed E-state index contributed by atoms with van der Waals surface area (Å²) in [5.41, 5.74) is 2.22. The number of sulfonamides is 1. The Balaban J connectivity index is 1.27. The van der Waals surface area contributed by atoms with Crippen LogP contribution in [0.5, 0.6) is 0 Å². The van der Waals surface area contributed by atoms with Gasteiger partial charge in [0.15, 0.2) is 0 Å². The summed E-state index contributed by atoms with van der Waals surface area (Å²) in [6.45, 7) is 2.56. The Kier molecular flexibility index (Phi) is 8.37. The molecule has 0 bridgehead atoms. The SMILES string of the molecule is CN(CCc1ccc(C2=NCCN2)cc1)C(=O)CCCN(C1CC1)S(=O)(=O)c1cccc(Cl)c1Cl. The molecular formula is C25H30Cl2N4O3S. The maximum absolute atomic E-state index is 13.2. The fraction of sp³-hybridized carbons (Fsp3) is 0.440. The first-order valence-corrected chi connectivity index (χ1v) is 14.0. The first-order chi connectivity index (χ1) is 16.8. The topological polar surface area (TPSA) is 82.1 Å². The lowest BCUT2D eigenvalue weighted by molar-refractivity contribution is -0.130. The van der Waals surface area contributed by atoms with Crippen molar-refractivity contribution >= 4 is 45.0 Å². The van der Waals surface area contributed by atoms with E-state index in [0.717, 1.165) is 49.3 Å². The predicted octanol–water partition coefficient (Wildman–Crippen LogP) is 3.98. The van der Waals surface area contributed by atoms with Crippen molar-refractivity contribution in [3.05, 3.63) is 63.6 Å². The first-order valence-electron chi connectivity index (χ1n) is 11.8. The van der Waals surface area contributed by atoms with Gasteiger partial charge in [0.25, 0.3) is 0 Å². The van der Waals surface area contributed by atoms with Crippen LogP contribution in [0.4, 0.5) is 0 Å². The van der Waals surface area contributed by atoms with E-state index in [1.54, 1.807) is 24.1 Å².